The Morgan fingerprint density at radius 1 is 1.38 bits per heavy atom. The Morgan fingerprint density at radius 2 is 2.06 bits per heavy atom. The highest BCUT2D eigenvalue weighted by Gasteiger charge is 2.29. The van der Waals surface area contributed by atoms with Gasteiger partial charge < -0.3 is 10.6 Å². The first kappa shape index (κ1) is 13.5. The number of nitrogens with one attached hydrogen (secondary N) is 2. The summed E-state index contributed by atoms with van der Waals surface area (Å²) in [6.45, 7) is 8.21. The molecule has 1 amide bonds. The minimum absolute atomic E-state index is 0.0410. The van der Waals surface area contributed by atoms with E-state index in [1.54, 1.807) is 0 Å². The second-order valence-electron chi connectivity index (χ2n) is 4.76. The van der Waals surface area contributed by atoms with Crippen LogP contribution in [0.25, 0.3) is 0 Å². The van der Waals surface area contributed by atoms with Gasteiger partial charge >= 0.3 is 0 Å². The third kappa shape index (κ3) is 3.48. The van der Waals surface area contributed by atoms with Crippen LogP contribution < -0.4 is 10.6 Å². The molecule has 1 saturated heterocycles. The number of rotatable bonds is 5. The van der Waals surface area contributed by atoms with Gasteiger partial charge in [0.25, 0.3) is 0 Å². The fourth-order valence-corrected chi connectivity index (χ4v) is 2.83. The van der Waals surface area contributed by atoms with E-state index in [0.717, 1.165) is 31.3 Å². The summed E-state index contributed by atoms with van der Waals surface area (Å²) >= 11 is 0. The number of hydrogen-bond acceptors (Lipinski definition) is 2. The predicted molar refractivity (Wildman–Crippen MR) is 67.3 cm³/mol. The van der Waals surface area contributed by atoms with Crippen molar-refractivity contribution in [1.82, 2.24) is 10.6 Å². The van der Waals surface area contributed by atoms with E-state index in [0.29, 0.717) is 0 Å². The summed E-state index contributed by atoms with van der Waals surface area (Å²) < 4.78 is 0. The molecule has 0 aromatic rings. The first-order chi connectivity index (χ1) is 7.72. The Bertz CT molecular complexity index is 214. The van der Waals surface area contributed by atoms with Crippen molar-refractivity contribution in [2.75, 3.05) is 13.1 Å². The smallest absolute Gasteiger partial charge is 0.237 e. The van der Waals surface area contributed by atoms with Gasteiger partial charge in [0, 0.05) is 6.54 Å². The second-order valence-corrected chi connectivity index (χ2v) is 4.76. The normalized spacial score (nSPS) is 25.8. The summed E-state index contributed by atoms with van der Waals surface area (Å²) in [7, 11) is 0. The Morgan fingerprint density at radius 3 is 2.62 bits per heavy atom. The molecule has 1 aliphatic heterocycles. The molecule has 0 aromatic carbocycles. The Labute approximate surface area is 99.4 Å². The van der Waals surface area contributed by atoms with Gasteiger partial charge in [-0.2, -0.15) is 0 Å². The van der Waals surface area contributed by atoms with Gasteiger partial charge in [0.15, 0.2) is 0 Å². The molecule has 1 rings (SSSR count). The van der Waals surface area contributed by atoms with Gasteiger partial charge in [-0.3, -0.25) is 4.79 Å². The lowest BCUT2D eigenvalue weighted by Crippen LogP contribution is -2.49. The van der Waals surface area contributed by atoms with Crippen molar-refractivity contribution in [2.45, 2.75) is 52.5 Å². The Balaban J connectivity index is 2.49. The molecule has 3 nitrogen and oxygen atoms in total. The van der Waals surface area contributed by atoms with Crippen molar-refractivity contribution in [3.63, 3.8) is 0 Å². The van der Waals surface area contributed by atoms with Crippen LogP contribution in [0.1, 0.15) is 46.5 Å². The summed E-state index contributed by atoms with van der Waals surface area (Å²) in [6.07, 6.45) is 4.72. The molecule has 0 spiro atoms. The number of hydrogen-bond donors (Lipinski definition) is 2. The van der Waals surface area contributed by atoms with Crippen molar-refractivity contribution < 1.29 is 4.79 Å². The molecule has 0 aliphatic carbocycles. The number of amides is 1. The van der Waals surface area contributed by atoms with E-state index >= 15 is 0 Å². The largest absolute Gasteiger partial charge is 0.355 e. The standard InChI is InChI=1S/C13H26N2O/c1-4-10(5-2)11-7-8-15-12(9-11)13(16)14-6-3/h10-12,15H,4-9H2,1-3H3,(H,14,16). The van der Waals surface area contributed by atoms with Gasteiger partial charge in [-0.05, 0) is 38.1 Å². The van der Waals surface area contributed by atoms with Crippen molar-refractivity contribution >= 4 is 5.91 Å². The molecule has 0 radical (unpaired) electrons. The summed E-state index contributed by atoms with van der Waals surface area (Å²) in [5.74, 6) is 1.70. The van der Waals surface area contributed by atoms with Crippen LogP contribution in [0.4, 0.5) is 0 Å². The van der Waals surface area contributed by atoms with Crippen LogP contribution in [0, 0.1) is 11.8 Å². The molecule has 2 atom stereocenters. The van der Waals surface area contributed by atoms with Gasteiger partial charge in [0.1, 0.15) is 0 Å². The molecule has 1 aliphatic rings. The van der Waals surface area contributed by atoms with Gasteiger partial charge in [-0.15, -0.1) is 0 Å². The summed E-state index contributed by atoms with van der Waals surface area (Å²) in [4.78, 5) is 11.8. The summed E-state index contributed by atoms with van der Waals surface area (Å²) in [6, 6.07) is 0.0410. The molecule has 2 N–H and O–H groups in total. The van der Waals surface area contributed by atoms with Crippen molar-refractivity contribution in [2.24, 2.45) is 11.8 Å². The molecule has 1 fully saturated rings. The lowest BCUT2D eigenvalue weighted by atomic mass is 9.79. The lowest BCUT2D eigenvalue weighted by molar-refractivity contribution is -0.124. The van der Waals surface area contributed by atoms with Crippen LogP contribution in [0.5, 0.6) is 0 Å². The zero-order valence-electron chi connectivity index (χ0n) is 10.9. The molecule has 94 valence electrons. The van der Waals surface area contributed by atoms with E-state index in [2.05, 4.69) is 24.5 Å². The second kappa shape index (κ2) is 6.89. The molecular formula is C13H26N2O. The Kier molecular flexibility index (Phi) is 5.81. The minimum Gasteiger partial charge on any atom is -0.355 e. The van der Waals surface area contributed by atoms with Crippen LogP contribution in [0.3, 0.4) is 0 Å². The van der Waals surface area contributed by atoms with Crippen molar-refractivity contribution in [1.29, 1.82) is 0 Å². The van der Waals surface area contributed by atoms with Crippen LogP contribution in [-0.2, 0) is 4.79 Å². The third-order valence-electron chi connectivity index (χ3n) is 3.83. The van der Waals surface area contributed by atoms with E-state index in [1.807, 2.05) is 6.92 Å². The number of likely N-dealkylation sites (N-methyl/N-ethyl adjacent to an activating group) is 1. The number of carbonyl (C=O) groups is 1. The van der Waals surface area contributed by atoms with Gasteiger partial charge in [-0.25, -0.2) is 0 Å². The molecule has 3 heteroatoms. The molecule has 0 bridgehead atoms. The molecule has 0 saturated carbocycles. The van der Waals surface area contributed by atoms with Crippen LogP contribution in [0.2, 0.25) is 0 Å². The fraction of sp³-hybridized carbons (Fsp3) is 0.923. The van der Waals surface area contributed by atoms with E-state index in [-0.39, 0.29) is 11.9 Å². The van der Waals surface area contributed by atoms with E-state index < -0.39 is 0 Å². The van der Waals surface area contributed by atoms with Gasteiger partial charge in [0.05, 0.1) is 6.04 Å². The highest BCUT2D eigenvalue weighted by atomic mass is 16.2. The number of carbonyl (C=O) groups excluding carboxylic acids is 1. The molecule has 1 heterocycles. The van der Waals surface area contributed by atoms with Crippen LogP contribution >= 0.6 is 0 Å². The van der Waals surface area contributed by atoms with Crippen LogP contribution in [-0.4, -0.2) is 25.0 Å². The average molecular weight is 226 g/mol. The number of piperidine rings is 1. The highest BCUT2D eigenvalue weighted by molar-refractivity contribution is 5.81. The first-order valence-corrected chi connectivity index (χ1v) is 6.73. The average Bonchev–Trinajstić information content (AvgIpc) is 2.31. The van der Waals surface area contributed by atoms with E-state index in [1.165, 1.54) is 19.3 Å². The van der Waals surface area contributed by atoms with Crippen LogP contribution in [0.15, 0.2) is 0 Å². The first-order valence-electron chi connectivity index (χ1n) is 6.73. The minimum atomic E-state index is 0.0410. The highest BCUT2D eigenvalue weighted by Crippen LogP contribution is 2.29. The molecule has 2 unspecified atom stereocenters. The quantitative estimate of drug-likeness (QED) is 0.752. The molecular weight excluding hydrogens is 200 g/mol. The SMILES string of the molecule is CCNC(=O)C1CC(C(CC)CC)CCN1. The molecule has 16 heavy (non-hydrogen) atoms. The maximum absolute atomic E-state index is 11.8. The zero-order valence-corrected chi connectivity index (χ0v) is 10.9. The van der Waals surface area contributed by atoms with E-state index in [9.17, 15) is 4.79 Å². The topological polar surface area (TPSA) is 41.1 Å². The maximum Gasteiger partial charge on any atom is 0.237 e. The fourth-order valence-electron chi connectivity index (χ4n) is 2.83. The Hall–Kier alpha value is -0.570. The maximum atomic E-state index is 11.8. The predicted octanol–water partition coefficient (Wildman–Crippen LogP) is 1.93. The van der Waals surface area contributed by atoms with E-state index in [4.69, 9.17) is 0 Å². The third-order valence-corrected chi connectivity index (χ3v) is 3.83. The van der Waals surface area contributed by atoms with Gasteiger partial charge in [-0.1, -0.05) is 26.7 Å². The lowest BCUT2D eigenvalue weighted by Gasteiger charge is -2.34. The van der Waals surface area contributed by atoms with Crippen molar-refractivity contribution in [3.8, 4) is 0 Å². The van der Waals surface area contributed by atoms with Crippen molar-refractivity contribution in [3.05, 3.63) is 0 Å². The summed E-state index contributed by atoms with van der Waals surface area (Å²) in [5, 5.41) is 6.23. The summed E-state index contributed by atoms with van der Waals surface area (Å²) in [5.41, 5.74) is 0. The molecule has 0 aromatic heterocycles. The van der Waals surface area contributed by atoms with Gasteiger partial charge in [0.2, 0.25) is 5.91 Å². The zero-order chi connectivity index (χ0) is 12.0. The monoisotopic (exact) mass is 226 g/mol.